The Morgan fingerprint density at radius 2 is 1.36 bits per heavy atom. The quantitative estimate of drug-likeness (QED) is 0.700. The molecule has 0 aliphatic rings. The van der Waals surface area contributed by atoms with Gasteiger partial charge in [-0.15, -0.1) is 0 Å². The molecule has 0 bridgehead atoms. The van der Waals surface area contributed by atoms with Crippen LogP contribution in [0.3, 0.4) is 0 Å². The van der Waals surface area contributed by atoms with Crippen LogP contribution in [0, 0.1) is 25.2 Å². The maximum atomic E-state index is 12.5. The number of carbonyl (C=O) groups excluding carboxylic acids is 2. The lowest BCUT2D eigenvalue weighted by Gasteiger charge is -2.10. The van der Waals surface area contributed by atoms with Gasteiger partial charge in [0.05, 0.1) is 11.3 Å². The molecule has 5 heteroatoms. The molecule has 0 fully saturated rings. The summed E-state index contributed by atoms with van der Waals surface area (Å²) in [6.45, 7) is 3.94. The van der Waals surface area contributed by atoms with Gasteiger partial charge in [0.25, 0.3) is 11.8 Å². The van der Waals surface area contributed by atoms with Gasteiger partial charge in [0.1, 0.15) is 6.07 Å². The van der Waals surface area contributed by atoms with Crippen molar-refractivity contribution in [2.75, 3.05) is 10.6 Å². The summed E-state index contributed by atoms with van der Waals surface area (Å²) in [6, 6.07) is 21.0. The second kappa shape index (κ2) is 8.19. The van der Waals surface area contributed by atoms with Crippen molar-refractivity contribution in [1.29, 1.82) is 5.26 Å². The van der Waals surface area contributed by atoms with Crippen LogP contribution in [-0.2, 0) is 0 Å². The van der Waals surface area contributed by atoms with Crippen molar-refractivity contribution in [2.45, 2.75) is 13.8 Å². The largest absolute Gasteiger partial charge is 0.322 e. The lowest BCUT2D eigenvalue weighted by Crippen LogP contribution is -2.15. The highest BCUT2D eigenvalue weighted by Crippen LogP contribution is 2.18. The lowest BCUT2D eigenvalue weighted by atomic mass is 10.1. The summed E-state index contributed by atoms with van der Waals surface area (Å²) in [7, 11) is 0. The zero-order valence-corrected chi connectivity index (χ0v) is 15.6. The van der Waals surface area contributed by atoms with Gasteiger partial charge in [0, 0.05) is 16.8 Å². The summed E-state index contributed by atoms with van der Waals surface area (Å²) in [4.78, 5) is 24.9. The molecule has 0 unspecified atom stereocenters. The molecule has 138 valence electrons. The van der Waals surface area contributed by atoms with Crippen LogP contribution in [0.4, 0.5) is 11.4 Å². The normalized spacial score (nSPS) is 10.0. The average Bonchev–Trinajstić information content (AvgIpc) is 2.70. The molecule has 0 aliphatic carbocycles. The Balaban J connectivity index is 1.71. The van der Waals surface area contributed by atoms with E-state index in [4.69, 9.17) is 5.26 Å². The summed E-state index contributed by atoms with van der Waals surface area (Å²) >= 11 is 0. The molecule has 28 heavy (non-hydrogen) atoms. The number of amides is 2. The Bertz CT molecular complexity index is 1080. The van der Waals surface area contributed by atoms with Crippen molar-refractivity contribution in [3.8, 4) is 6.07 Å². The van der Waals surface area contributed by atoms with Crippen molar-refractivity contribution in [3.63, 3.8) is 0 Å². The fraction of sp³-hybridized carbons (Fsp3) is 0.0870. The first kappa shape index (κ1) is 18.9. The van der Waals surface area contributed by atoms with Gasteiger partial charge in [-0.25, -0.2) is 0 Å². The number of para-hydroxylation sites is 1. The summed E-state index contributed by atoms with van der Waals surface area (Å²) < 4.78 is 0. The van der Waals surface area contributed by atoms with Gasteiger partial charge in [-0.05, 0) is 61.9 Å². The summed E-state index contributed by atoms with van der Waals surface area (Å²) in [6.07, 6.45) is 0. The van der Waals surface area contributed by atoms with E-state index in [1.54, 1.807) is 48.5 Å². The van der Waals surface area contributed by atoms with Gasteiger partial charge in [-0.1, -0.05) is 29.8 Å². The number of nitriles is 1. The standard InChI is InChI=1S/C23H19N3O2/c1-15-7-12-20(16(2)13-15)25-22(27)17-8-10-18(11-9-17)23(28)26-21-6-4-3-5-19(21)14-24/h3-13H,1-2H3,(H,25,27)(H,26,28). The molecule has 0 saturated heterocycles. The van der Waals surface area contributed by atoms with Crippen molar-refractivity contribution in [3.05, 3.63) is 94.5 Å². The van der Waals surface area contributed by atoms with Gasteiger partial charge >= 0.3 is 0 Å². The number of hydrogen-bond donors (Lipinski definition) is 2. The first-order valence-corrected chi connectivity index (χ1v) is 8.77. The van der Waals surface area contributed by atoms with Gasteiger partial charge < -0.3 is 10.6 Å². The summed E-state index contributed by atoms with van der Waals surface area (Å²) in [5.74, 6) is -0.585. The summed E-state index contributed by atoms with van der Waals surface area (Å²) in [5, 5.41) is 14.7. The average molecular weight is 369 g/mol. The third-order valence-electron chi connectivity index (χ3n) is 4.34. The Kier molecular flexibility index (Phi) is 5.52. The van der Waals surface area contributed by atoms with E-state index in [2.05, 4.69) is 10.6 Å². The van der Waals surface area contributed by atoms with E-state index in [0.29, 0.717) is 22.4 Å². The zero-order chi connectivity index (χ0) is 20.1. The zero-order valence-electron chi connectivity index (χ0n) is 15.6. The van der Waals surface area contributed by atoms with Crippen molar-refractivity contribution in [2.24, 2.45) is 0 Å². The fourth-order valence-corrected chi connectivity index (χ4v) is 2.81. The Hall–Kier alpha value is -3.91. The SMILES string of the molecule is Cc1ccc(NC(=O)c2ccc(C(=O)Nc3ccccc3C#N)cc2)c(C)c1. The Morgan fingerprint density at radius 3 is 1.93 bits per heavy atom. The smallest absolute Gasteiger partial charge is 0.255 e. The van der Waals surface area contributed by atoms with Crippen LogP contribution in [0.1, 0.15) is 37.4 Å². The first-order valence-electron chi connectivity index (χ1n) is 8.77. The van der Waals surface area contributed by atoms with E-state index in [-0.39, 0.29) is 11.8 Å². The van der Waals surface area contributed by atoms with E-state index in [9.17, 15) is 9.59 Å². The van der Waals surface area contributed by atoms with E-state index < -0.39 is 0 Å². The molecule has 0 saturated carbocycles. The van der Waals surface area contributed by atoms with Gasteiger partial charge in [0.15, 0.2) is 0 Å². The number of nitrogens with one attached hydrogen (secondary N) is 2. The third kappa shape index (κ3) is 4.25. The number of carbonyl (C=O) groups is 2. The Morgan fingerprint density at radius 1 is 0.786 bits per heavy atom. The van der Waals surface area contributed by atoms with E-state index in [1.807, 2.05) is 38.1 Å². The molecule has 2 amide bonds. The molecule has 3 rings (SSSR count). The number of benzene rings is 3. The van der Waals surface area contributed by atoms with Crippen LogP contribution in [0.2, 0.25) is 0 Å². The molecule has 2 N–H and O–H groups in total. The van der Waals surface area contributed by atoms with Crippen LogP contribution in [0.25, 0.3) is 0 Å². The number of anilines is 2. The minimum Gasteiger partial charge on any atom is -0.322 e. The van der Waals surface area contributed by atoms with Crippen molar-refractivity contribution < 1.29 is 9.59 Å². The highest BCUT2D eigenvalue weighted by atomic mass is 16.2. The second-order valence-electron chi connectivity index (χ2n) is 6.46. The number of aryl methyl sites for hydroxylation is 2. The molecule has 0 atom stereocenters. The first-order chi connectivity index (χ1) is 13.5. The lowest BCUT2D eigenvalue weighted by molar-refractivity contribution is 0.101. The summed E-state index contributed by atoms with van der Waals surface area (Å²) in [5.41, 5.74) is 4.56. The molecule has 0 aliphatic heterocycles. The minimum absolute atomic E-state index is 0.242. The van der Waals surface area contributed by atoms with Crippen molar-refractivity contribution in [1.82, 2.24) is 0 Å². The number of hydrogen-bond acceptors (Lipinski definition) is 3. The van der Waals surface area contributed by atoms with Crippen LogP contribution in [0.15, 0.2) is 66.7 Å². The third-order valence-corrected chi connectivity index (χ3v) is 4.34. The fourth-order valence-electron chi connectivity index (χ4n) is 2.81. The van der Waals surface area contributed by atoms with Crippen LogP contribution in [-0.4, -0.2) is 11.8 Å². The number of rotatable bonds is 4. The van der Waals surface area contributed by atoms with Crippen LogP contribution >= 0.6 is 0 Å². The minimum atomic E-state index is -0.343. The Labute approximate surface area is 163 Å². The number of nitrogens with zero attached hydrogens (tertiary/aromatic N) is 1. The van der Waals surface area contributed by atoms with Crippen LogP contribution < -0.4 is 10.6 Å². The maximum absolute atomic E-state index is 12.5. The topological polar surface area (TPSA) is 82.0 Å². The highest BCUT2D eigenvalue weighted by Gasteiger charge is 2.12. The van der Waals surface area contributed by atoms with Crippen molar-refractivity contribution >= 4 is 23.2 Å². The molecule has 5 nitrogen and oxygen atoms in total. The molecule has 0 heterocycles. The van der Waals surface area contributed by atoms with Gasteiger partial charge in [0.2, 0.25) is 0 Å². The second-order valence-corrected chi connectivity index (χ2v) is 6.46. The highest BCUT2D eigenvalue weighted by molar-refractivity contribution is 6.07. The van der Waals surface area contributed by atoms with Crippen LogP contribution in [0.5, 0.6) is 0 Å². The van der Waals surface area contributed by atoms with Gasteiger partial charge in [-0.2, -0.15) is 5.26 Å². The monoisotopic (exact) mass is 369 g/mol. The van der Waals surface area contributed by atoms with E-state index in [0.717, 1.165) is 16.8 Å². The molecule has 3 aromatic rings. The van der Waals surface area contributed by atoms with E-state index in [1.165, 1.54) is 0 Å². The molecule has 0 aromatic heterocycles. The molecule has 0 radical (unpaired) electrons. The molecular formula is C23H19N3O2. The predicted octanol–water partition coefficient (Wildman–Crippen LogP) is 4.68. The van der Waals surface area contributed by atoms with Gasteiger partial charge in [-0.3, -0.25) is 9.59 Å². The maximum Gasteiger partial charge on any atom is 0.255 e. The molecule has 3 aromatic carbocycles. The molecular weight excluding hydrogens is 350 g/mol. The molecule has 0 spiro atoms. The predicted molar refractivity (Wildman–Crippen MR) is 109 cm³/mol. The van der Waals surface area contributed by atoms with E-state index >= 15 is 0 Å².